The zero-order valence-electron chi connectivity index (χ0n) is 12.5. The maximum Gasteiger partial charge on any atom is 0.251 e. The summed E-state index contributed by atoms with van der Waals surface area (Å²) in [7, 11) is 0. The second kappa shape index (κ2) is 7.65. The molecule has 2 N–H and O–H groups in total. The minimum atomic E-state index is 0. The van der Waals surface area contributed by atoms with E-state index in [1.165, 1.54) is 5.56 Å². The lowest BCUT2D eigenvalue weighted by Gasteiger charge is -2.28. The minimum absolute atomic E-state index is 0. The van der Waals surface area contributed by atoms with Crippen LogP contribution in [0.3, 0.4) is 0 Å². The van der Waals surface area contributed by atoms with Crippen LogP contribution in [0.25, 0.3) is 0 Å². The number of halogens is 1. The number of carbonyl (C=O) groups excluding carboxylic acids is 1. The molecule has 1 aromatic rings. The van der Waals surface area contributed by atoms with Crippen molar-refractivity contribution in [3.05, 3.63) is 35.4 Å². The Morgan fingerprint density at radius 2 is 1.95 bits per heavy atom. The smallest absolute Gasteiger partial charge is 0.251 e. The van der Waals surface area contributed by atoms with Crippen molar-refractivity contribution in [2.24, 2.45) is 0 Å². The van der Waals surface area contributed by atoms with E-state index in [9.17, 15) is 4.79 Å². The fourth-order valence-corrected chi connectivity index (χ4v) is 2.55. The first kappa shape index (κ1) is 17.0. The molecule has 0 saturated carbocycles. The first-order valence-corrected chi connectivity index (χ1v) is 7.20. The number of rotatable bonds is 3. The van der Waals surface area contributed by atoms with Crippen LogP contribution in [0, 0.1) is 0 Å². The van der Waals surface area contributed by atoms with Crippen LogP contribution < -0.4 is 10.6 Å². The molecule has 4 heteroatoms. The first-order chi connectivity index (χ1) is 9.06. The monoisotopic (exact) mass is 296 g/mol. The summed E-state index contributed by atoms with van der Waals surface area (Å²) < 4.78 is 0. The third-order valence-corrected chi connectivity index (χ3v) is 3.80. The van der Waals surface area contributed by atoms with Crippen molar-refractivity contribution < 1.29 is 4.79 Å². The number of benzene rings is 1. The van der Waals surface area contributed by atoms with Crippen molar-refractivity contribution in [3.63, 3.8) is 0 Å². The molecule has 2 rings (SSSR count). The summed E-state index contributed by atoms with van der Waals surface area (Å²) in [5.74, 6) is 0.553. The number of piperidine rings is 1. The van der Waals surface area contributed by atoms with Gasteiger partial charge in [-0.1, -0.05) is 26.0 Å². The normalized spacial score (nSPS) is 22.2. The zero-order chi connectivity index (χ0) is 13.8. The lowest BCUT2D eigenvalue weighted by atomic mass is 9.99. The van der Waals surface area contributed by atoms with Crippen molar-refractivity contribution in [1.29, 1.82) is 0 Å². The Bertz CT molecular complexity index is 431. The number of amides is 1. The van der Waals surface area contributed by atoms with E-state index in [1.54, 1.807) is 0 Å². The van der Waals surface area contributed by atoms with Gasteiger partial charge in [0, 0.05) is 17.6 Å². The van der Waals surface area contributed by atoms with Crippen molar-refractivity contribution in [1.82, 2.24) is 10.6 Å². The number of hydrogen-bond acceptors (Lipinski definition) is 2. The van der Waals surface area contributed by atoms with Crippen LogP contribution in [0.5, 0.6) is 0 Å². The summed E-state index contributed by atoms with van der Waals surface area (Å²) in [6.07, 6.45) is 2.02. The van der Waals surface area contributed by atoms with Gasteiger partial charge in [0.15, 0.2) is 0 Å². The predicted octanol–water partition coefficient (Wildman–Crippen LogP) is 3.10. The first-order valence-electron chi connectivity index (χ1n) is 7.20. The van der Waals surface area contributed by atoms with Gasteiger partial charge in [0.1, 0.15) is 0 Å². The van der Waals surface area contributed by atoms with Gasteiger partial charge in [0.25, 0.3) is 5.91 Å². The van der Waals surface area contributed by atoms with Crippen molar-refractivity contribution in [3.8, 4) is 0 Å². The van der Waals surface area contributed by atoms with Crippen molar-refractivity contribution >= 4 is 18.3 Å². The van der Waals surface area contributed by atoms with Gasteiger partial charge in [0.05, 0.1) is 0 Å². The van der Waals surface area contributed by atoms with Gasteiger partial charge < -0.3 is 10.6 Å². The van der Waals surface area contributed by atoms with Crippen LogP contribution in [-0.2, 0) is 0 Å². The van der Waals surface area contributed by atoms with Gasteiger partial charge in [-0.2, -0.15) is 0 Å². The number of nitrogens with one attached hydrogen (secondary N) is 2. The Morgan fingerprint density at radius 3 is 2.50 bits per heavy atom. The molecule has 0 aliphatic carbocycles. The maximum atomic E-state index is 12.2. The van der Waals surface area contributed by atoms with E-state index >= 15 is 0 Å². The van der Waals surface area contributed by atoms with Gasteiger partial charge in [-0.15, -0.1) is 12.4 Å². The van der Waals surface area contributed by atoms with Crippen LogP contribution in [0.2, 0.25) is 0 Å². The van der Waals surface area contributed by atoms with Gasteiger partial charge in [-0.05, 0) is 49.9 Å². The largest absolute Gasteiger partial charge is 0.349 e. The summed E-state index contributed by atoms with van der Waals surface area (Å²) in [6, 6.07) is 8.73. The Labute approximate surface area is 127 Å². The van der Waals surface area contributed by atoms with Gasteiger partial charge in [-0.25, -0.2) is 0 Å². The lowest BCUT2D eigenvalue weighted by Crippen LogP contribution is -2.46. The van der Waals surface area contributed by atoms with Crippen LogP contribution in [0.1, 0.15) is 55.5 Å². The Kier molecular flexibility index (Phi) is 6.50. The molecule has 1 heterocycles. The molecule has 0 spiro atoms. The molecule has 1 fully saturated rings. The Morgan fingerprint density at radius 1 is 1.30 bits per heavy atom. The fraction of sp³-hybridized carbons (Fsp3) is 0.562. The molecule has 0 aromatic heterocycles. The molecule has 1 aliphatic rings. The lowest BCUT2D eigenvalue weighted by molar-refractivity contribution is 0.0925. The second-order valence-electron chi connectivity index (χ2n) is 5.83. The standard InChI is InChI=1S/C16H24N2O.ClH/c1-11(2)13-4-6-14(7-5-13)16(19)18-15-8-9-17-12(3)10-15;/h4-7,11-12,15,17H,8-10H2,1-3H3,(H,18,19);1H. The Hall–Kier alpha value is -1.06. The number of carbonyl (C=O) groups is 1. The van der Waals surface area contributed by atoms with Gasteiger partial charge >= 0.3 is 0 Å². The van der Waals surface area contributed by atoms with Gasteiger partial charge in [-0.3, -0.25) is 4.79 Å². The summed E-state index contributed by atoms with van der Waals surface area (Å²) >= 11 is 0. The molecule has 3 nitrogen and oxygen atoms in total. The average molecular weight is 297 g/mol. The summed E-state index contributed by atoms with van der Waals surface area (Å²) in [6.45, 7) is 7.46. The van der Waals surface area contributed by atoms with E-state index in [4.69, 9.17) is 0 Å². The molecule has 0 bridgehead atoms. The molecule has 112 valence electrons. The highest BCUT2D eigenvalue weighted by atomic mass is 35.5. The van der Waals surface area contributed by atoms with Crippen LogP contribution >= 0.6 is 12.4 Å². The fourth-order valence-electron chi connectivity index (χ4n) is 2.55. The van der Waals surface area contributed by atoms with Crippen LogP contribution in [0.15, 0.2) is 24.3 Å². The van der Waals surface area contributed by atoms with E-state index in [0.29, 0.717) is 18.0 Å². The molecule has 1 saturated heterocycles. The average Bonchev–Trinajstić information content (AvgIpc) is 2.39. The van der Waals surface area contributed by atoms with E-state index in [0.717, 1.165) is 24.9 Å². The SMILES string of the molecule is CC1CC(NC(=O)c2ccc(C(C)C)cc2)CCN1.Cl. The highest BCUT2D eigenvalue weighted by molar-refractivity contribution is 5.94. The molecule has 2 unspecified atom stereocenters. The summed E-state index contributed by atoms with van der Waals surface area (Å²) in [5.41, 5.74) is 2.03. The highest BCUT2D eigenvalue weighted by Crippen LogP contribution is 2.15. The number of hydrogen-bond donors (Lipinski definition) is 2. The molecular weight excluding hydrogens is 272 g/mol. The Balaban J connectivity index is 0.00000200. The van der Waals surface area contributed by atoms with E-state index in [2.05, 4.69) is 31.4 Å². The summed E-state index contributed by atoms with van der Waals surface area (Å²) in [4.78, 5) is 12.2. The van der Waals surface area contributed by atoms with Gasteiger partial charge in [0.2, 0.25) is 0 Å². The molecule has 1 aromatic carbocycles. The molecule has 1 amide bonds. The predicted molar refractivity (Wildman–Crippen MR) is 85.7 cm³/mol. The highest BCUT2D eigenvalue weighted by Gasteiger charge is 2.20. The molecule has 0 radical (unpaired) electrons. The molecule has 20 heavy (non-hydrogen) atoms. The maximum absolute atomic E-state index is 12.2. The van der Waals surface area contributed by atoms with E-state index in [-0.39, 0.29) is 18.3 Å². The molecule has 1 aliphatic heterocycles. The molecular formula is C16H25ClN2O. The van der Waals surface area contributed by atoms with Crippen LogP contribution in [0.4, 0.5) is 0 Å². The quantitative estimate of drug-likeness (QED) is 0.900. The summed E-state index contributed by atoms with van der Waals surface area (Å²) in [5, 5.41) is 6.53. The third kappa shape index (κ3) is 4.50. The molecule has 2 atom stereocenters. The topological polar surface area (TPSA) is 41.1 Å². The van der Waals surface area contributed by atoms with Crippen LogP contribution in [-0.4, -0.2) is 24.5 Å². The zero-order valence-corrected chi connectivity index (χ0v) is 13.3. The second-order valence-corrected chi connectivity index (χ2v) is 5.83. The van der Waals surface area contributed by atoms with Crippen molar-refractivity contribution in [2.45, 2.75) is 51.6 Å². The third-order valence-electron chi connectivity index (χ3n) is 3.80. The van der Waals surface area contributed by atoms with E-state index < -0.39 is 0 Å². The van der Waals surface area contributed by atoms with Crippen molar-refractivity contribution in [2.75, 3.05) is 6.54 Å². The van der Waals surface area contributed by atoms with E-state index in [1.807, 2.05) is 24.3 Å². The minimum Gasteiger partial charge on any atom is -0.349 e.